The van der Waals surface area contributed by atoms with Crippen LogP contribution in [0.4, 0.5) is 5.69 Å². The van der Waals surface area contributed by atoms with Gasteiger partial charge in [-0.3, -0.25) is 4.99 Å². The van der Waals surface area contributed by atoms with Gasteiger partial charge in [-0.05, 0) is 54.8 Å². The topological polar surface area (TPSA) is 58.6 Å². The second-order valence-electron chi connectivity index (χ2n) is 5.74. The number of oxazole rings is 1. The third kappa shape index (κ3) is 4.48. The van der Waals surface area contributed by atoms with Crippen molar-refractivity contribution in [1.29, 1.82) is 0 Å². The third-order valence-corrected chi connectivity index (χ3v) is 4.07. The zero-order valence-corrected chi connectivity index (χ0v) is 14.7. The normalized spacial score (nSPS) is 11.3. The molecule has 0 unspecified atom stereocenters. The van der Waals surface area contributed by atoms with Crippen molar-refractivity contribution < 1.29 is 9.52 Å². The van der Waals surface area contributed by atoms with Crippen molar-refractivity contribution in [2.75, 3.05) is 0 Å². The van der Waals surface area contributed by atoms with Gasteiger partial charge >= 0.3 is 5.95 Å². The smallest absolute Gasteiger partial charge is 0.312 e. The van der Waals surface area contributed by atoms with E-state index in [-0.39, 0.29) is 5.95 Å². The number of hydrogen-bond acceptors (Lipinski definition) is 4. The Morgan fingerprint density at radius 1 is 1.12 bits per heavy atom. The number of benzene rings is 2. The van der Waals surface area contributed by atoms with Crippen LogP contribution < -0.4 is 0 Å². The molecule has 3 aromatic rings. The van der Waals surface area contributed by atoms with Crippen molar-refractivity contribution in [1.82, 2.24) is 4.98 Å². The van der Waals surface area contributed by atoms with E-state index in [1.165, 1.54) is 24.6 Å². The molecule has 1 N–H and O–H groups in total. The molecule has 0 amide bonds. The minimum absolute atomic E-state index is 0.247. The maximum absolute atomic E-state index is 9.94. The van der Waals surface area contributed by atoms with Gasteiger partial charge in [-0.25, -0.2) is 4.98 Å². The van der Waals surface area contributed by atoms with Gasteiger partial charge in [0.15, 0.2) is 5.69 Å². The first-order chi connectivity index (χ1) is 12.2. The summed E-state index contributed by atoms with van der Waals surface area (Å²) >= 11 is 5.85. The van der Waals surface area contributed by atoms with E-state index >= 15 is 0 Å². The van der Waals surface area contributed by atoms with Crippen LogP contribution in [0.1, 0.15) is 31.0 Å². The number of rotatable bonds is 6. The van der Waals surface area contributed by atoms with Gasteiger partial charge in [-0.1, -0.05) is 37.1 Å². The quantitative estimate of drug-likeness (QED) is 0.569. The molecule has 128 valence electrons. The van der Waals surface area contributed by atoms with Crippen molar-refractivity contribution in [3.05, 3.63) is 64.8 Å². The van der Waals surface area contributed by atoms with Crippen LogP contribution in [0.2, 0.25) is 5.02 Å². The Balaban J connectivity index is 1.76. The van der Waals surface area contributed by atoms with Gasteiger partial charge < -0.3 is 9.52 Å². The van der Waals surface area contributed by atoms with E-state index in [0.717, 1.165) is 12.0 Å². The van der Waals surface area contributed by atoms with Crippen LogP contribution >= 0.6 is 11.6 Å². The lowest BCUT2D eigenvalue weighted by Crippen LogP contribution is -1.86. The molecule has 0 aliphatic rings. The van der Waals surface area contributed by atoms with Crippen molar-refractivity contribution in [3.63, 3.8) is 0 Å². The molecule has 2 aromatic carbocycles. The van der Waals surface area contributed by atoms with E-state index in [4.69, 9.17) is 16.0 Å². The number of nitrogens with zero attached hydrogens (tertiary/aromatic N) is 2. The Kier molecular flexibility index (Phi) is 5.51. The third-order valence-electron chi connectivity index (χ3n) is 3.82. The standard InChI is InChI=1S/C20H19ClN2O2/c1-2-3-4-14-5-7-15(8-6-14)19-23-18(20(24)25-19)13-22-17-11-9-16(21)10-12-17/h5-13,24H,2-4H2,1H3. The minimum Gasteiger partial charge on any atom is -0.479 e. The summed E-state index contributed by atoms with van der Waals surface area (Å²) < 4.78 is 5.36. The highest BCUT2D eigenvalue weighted by molar-refractivity contribution is 6.30. The fraction of sp³-hybridized carbons (Fsp3) is 0.200. The zero-order chi connectivity index (χ0) is 17.6. The lowest BCUT2D eigenvalue weighted by molar-refractivity contribution is 0.337. The molecular weight excluding hydrogens is 336 g/mol. The molecular formula is C20H19ClN2O2. The number of halogens is 1. The average molecular weight is 355 g/mol. The van der Waals surface area contributed by atoms with Crippen molar-refractivity contribution >= 4 is 23.5 Å². The first-order valence-electron chi connectivity index (χ1n) is 8.24. The predicted molar refractivity (Wildman–Crippen MR) is 101 cm³/mol. The minimum atomic E-state index is -0.247. The largest absolute Gasteiger partial charge is 0.479 e. The average Bonchev–Trinajstić information content (AvgIpc) is 3.01. The SMILES string of the molecule is CCCCc1ccc(-c2nc(C=Nc3ccc(Cl)cc3)c(O)o2)cc1. The van der Waals surface area contributed by atoms with Gasteiger partial charge in [0.1, 0.15) is 0 Å². The number of aromatic nitrogens is 1. The van der Waals surface area contributed by atoms with Crippen LogP contribution in [0.3, 0.4) is 0 Å². The lowest BCUT2D eigenvalue weighted by Gasteiger charge is -2.00. The Morgan fingerprint density at radius 3 is 2.52 bits per heavy atom. The number of aryl methyl sites for hydroxylation is 1. The Hall–Kier alpha value is -2.59. The lowest BCUT2D eigenvalue weighted by atomic mass is 10.1. The molecule has 5 heteroatoms. The van der Waals surface area contributed by atoms with E-state index in [1.54, 1.807) is 24.3 Å². The summed E-state index contributed by atoms with van der Waals surface area (Å²) in [7, 11) is 0. The first kappa shape index (κ1) is 17.2. The van der Waals surface area contributed by atoms with E-state index in [2.05, 4.69) is 29.0 Å². The van der Waals surface area contributed by atoms with E-state index in [0.29, 0.717) is 22.3 Å². The number of aromatic hydroxyl groups is 1. The van der Waals surface area contributed by atoms with Crippen LogP contribution in [0.5, 0.6) is 5.95 Å². The van der Waals surface area contributed by atoms with Crippen LogP contribution in [0, 0.1) is 0 Å². The summed E-state index contributed by atoms with van der Waals surface area (Å²) in [6, 6.07) is 15.1. The summed E-state index contributed by atoms with van der Waals surface area (Å²) in [5.41, 5.74) is 3.11. The van der Waals surface area contributed by atoms with Crippen LogP contribution in [-0.4, -0.2) is 16.3 Å². The molecule has 0 aliphatic carbocycles. The van der Waals surface area contributed by atoms with Crippen LogP contribution in [0.25, 0.3) is 11.5 Å². The molecule has 0 atom stereocenters. The van der Waals surface area contributed by atoms with Gasteiger partial charge in [-0.2, -0.15) is 0 Å². The molecule has 0 saturated heterocycles. The van der Waals surface area contributed by atoms with Gasteiger partial charge in [0, 0.05) is 10.6 Å². The molecule has 0 fully saturated rings. The monoisotopic (exact) mass is 354 g/mol. The summed E-state index contributed by atoms with van der Waals surface area (Å²) in [6.45, 7) is 2.18. The highest BCUT2D eigenvalue weighted by atomic mass is 35.5. The maximum Gasteiger partial charge on any atom is 0.312 e. The van der Waals surface area contributed by atoms with Crippen molar-refractivity contribution in [3.8, 4) is 17.4 Å². The highest BCUT2D eigenvalue weighted by Gasteiger charge is 2.12. The Bertz CT molecular complexity index is 852. The number of aliphatic imine (C=N–C) groups is 1. The summed E-state index contributed by atoms with van der Waals surface area (Å²) in [5.74, 6) is 0.125. The molecule has 1 aromatic heterocycles. The van der Waals surface area contributed by atoms with E-state index < -0.39 is 0 Å². The van der Waals surface area contributed by atoms with E-state index in [9.17, 15) is 5.11 Å². The fourth-order valence-electron chi connectivity index (χ4n) is 2.39. The van der Waals surface area contributed by atoms with Gasteiger partial charge in [0.2, 0.25) is 5.89 Å². The van der Waals surface area contributed by atoms with Crippen molar-refractivity contribution in [2.45, 2.75) is 26.2 Å². The van der Waals surface area contributed by atoms with Crippen molar-refractivity contribution in [2.24, 2.45) is 4.99 Å². The summed E-state index contributed by atoms with van der Waals surface area (Å²) in [4.78, 5) is 8.58. The van der Waals surface area contributed by atoms with Crippen LogP contribution in [0.15, 0.2) is 57.9 Å². The number of hydrogen-bond donors (Lipinski definition) is 1. The van der Waals surface area contributed by atoms with Crippen LogP contribution in [-0.2, 0) is 6.42 Å². The van der Waals surface area contributed by atoms with E-state index in [1.807, 2.05) is 12.1 Å². The van der Waals surface area contributed by atoms with Gasteiger partial charge in [0.25, 0.3) is 0 Å². The first-order valence-corrected chi connectivity index (χ1v) is 8.62. The molecule has 0 saturated carbocycles. The second-order valence-corrected chi connectivity index (χ2v) is 6.18. The fourth-order valence-corrected chi connectivity index (χ4v) is 2.52. The maximum atomic E-state index is 9.94. The van der Waals surface area contributed by atoms with Gasteiger partial charge in [-0.15, -0.1) is 0 Å². The zero-order valence-electron chi connectivity index (χ0n) is 13.9. The molecule has 25 heavy (non-hydrogen) atoms. The highest BCUT2D eigenvalue weighted by Crippen LogP contribution is 2.26. The second kappa shape index (κ2) is 7.99. The molecule has 0 bridgehead atoms. The molecule has 0 aliphatic heterocycles. The molecule has 0 radical (unpaired) electrons. The summed E-state index contributed by atoms with van der Waals surface area (Å²) in [6.07, 6.45) is 4.88. The number of unbranched alkanes of at least 4 members (excludes halogenated alkanes) is 1. The van der Waals surface area contributed by atoms with Gasteiger partial charge in [0.05, 0.1) is 11.9 Å². The molecule has 0 spiro atoms. The Labute approximate surface area is 151 Å². The summed E-state index contributed by atoms with van der Waals surface area (Å²) in [5, 5.41) is 10.6. The predicted octanol–water partition coefficient (Wildman–Crippen LogP) is 5.79. The molecule has 4 nitrogen and oxygen atoms in total. The molecule has 3 rings (SSSR count). The Morgan fingerprint density at radius 2 is 1.84 bits per heavy atom. The molecule has 1 heterocycles.